The Morgan fingerprint density at radius 1 is 1.45 bits per heavy atom. The van der Waals surface area contributed by atoms with Crippen molar-refractivity contribution in [3.8, 4) is 5.75 Å². The van der Waals surface area contributed by atoms with Crippen molar-refractivity contribution in [3.05, 3.63) is 41.7 Å². The number of ether oxygens (including phenoxy) is 1. The van der Waals surface area contributed by atoms with Gasteiger partial charge in [-0.1, -0.05) is 6.07 Å². The van der Waals surface area contributed by atoms with E-state index < -0.39 is 0 Å². The highest BCUT2D eigenvalue weighted by Gasteiger charge is 2.11. The number of halogens is 1. The topological polar surface area (TPSA) is 52.0 Å². The van der Waals surface area contributed by atoms with Crippen LogP contribution in [-0.4, -0.2) is 28.4 Å². The Kier molecular flexibility index (Phi) is 4.68. The lowest BCUT2D eigenvalue weighted by Crippen LogP contribution is -2.23. The van der Waals surface area contributed by atoms with Gasteiger partial charge in [0.2, 0.25) is 0 Å². The summed E-state index contributed by atoms with van der Waals surface area (Å²) in [6.07, 6.45) is 2.42. The van der Waals surface area contributed by atoms with Crippen LogP contribution in [0.4, 0.5) is 4.39 Å². The molecule has 0 fully saturated rings. The van der Waals surface area contributed by atoms with Crippen LogP contribution in [0.1, 0.15) is 24.4 Å². The predicted molar refractivity (Wildman–Crippen MR) is 74.1 cm³/mol. The Labute approximate surface area is 117 Å². The molecule has 0 spiro atoms. The molecule has 1 unspecified atom stereocenters. The first kappa shape index (κ1) is 14.5. The Morgan fingerprint density at radius 3 is 2.85 bits per heavy atom. The molecule has 0 aliphatic heterocycles. The monoisotopic (exact) mass is 278 g/mol. The molecule has 0 saturated carbocycles. The van der Waals surface area contributed by atoms with E-state index in [2.05, 4.69) is 15.5 Å². The number of rotatable bonds is 6. The zero-order valence-corrected chi connectivity index (χ0v) is 11.9. The SMILES string of the molecule is COc1ccc(C(C)NCCc2nncn2C)c(F)c1. The fourth-order valence-electron chi connectivity index (χ4n) is 2.03. The molecular weight excluding hydrogens is 259 g/mol. The summed E-state index contributed by atoms with van der Waals surface area (Å²) in [6, 6.07) is 4.83. The summed E-state index contributed by atoms with van der Waals surface area (Å²) in [7, 11) is 3.43. The second-order valence-electron chi connectivity index (χ2n) is 4.67. The highest BCUT2D eigenvalue weighted by molar-refractivity contribution is 5.30. The van der Waals surface area contributed by atoms with Gasteiger partial charge in [-0.3, -0.25) is 0 Å². The van der Waals surface area contributed by atoms with Crippen LogP contribution in [0.15, 0.2) is 24.5 Å². The summed E-state index contributed by atoms with van der Waals surface area (Å²) in [5.41, 5.74) is 0.628. The Bertz CT molecular complexity index is 570. The van der Waals surface area contributed by atoms with Gasteiger partial charge in [-0.15, -0.1) is 10.2 Å². The van der Waals surface area contributed by atoms with Crippen LogP contribution in [0.25, 0.3) is 0 Å². The number of aromatic nitrogens is 3. The van der Waals surface area contributed by atoms with E-state index in [0.717, 1.165) is 12.2 Å². The normalized spacial score (nSPS) is 12.4. The molecule has 0 bridgehead atoms. The van der Waals surface area contributed by atoms with Crippen molar-refractivity contribution in [2.24, 2.45) is 7.05 Å². The third-order valence-corrected chi connectivity index (χ3v) is 3.28. The number of nitrogens with zero attached hydrogens (tertiary/aromatic N) is 3. The van der Waals surface area contributed by atoms with Crippen LogP contribution < -0.4 is 10.1 Å². The molecule has 6 heteroatoms. The lowest BCUT2D eigenvalue weighted by atomic mass is 10.1. The summed E-state index contributed by atoms with van der Waals surface area (Å²) in [5, 5.41) is 11.1. The first-order chi connectivity index (χ1) is 9.61. The van der Waals surface area contributed by atoms with E-state index in [4.69, 9.17) is 4.74 Å². The fraction of sp³-hybridized carbons (Fsp3) is 0.429. The van der Waals surface area contributed by atoms with Crippen molar-refractivity contribution in [1.29, 1.82) is 0 Å². The summed E-state index contributed by atoms with van der Waals surface area (Å²) in [6.45, 7) is 2.64. The van der Waals surface area contributed by atoms with Crippen LogP contribution in [0.5, 0.6) is 5.75 Å². The molecule has 1 N–H and O–H groups in total. The van der Waals surface area contributed by atoms with Crippen molar-refractivity contribution >= 4 is 0 Å². The van der Waals surface area contributed by atoms with Gasteiger partial charge in [0, 0.05) is 37.7 Å². The minimum Gasteiger partial charge on any atom is -0.497 e. The van der Waals surface area contributed by atoms with Crippen molar-refractivity contribution in [2.45, 2.75) is 19.4 Å². The summed E-state index contributed by atoms with van der Waals surface area (Å²) in [5.74, 6) is 1.17. The van der Waals surface area contributed by atoms with Gasteiger partial charge in [0.15, 0.2) is 0 Å². The number of methoxy groups -OCH3 is 1. The predicted octanol–water partition coefficient (Wildman–Crippen LogP) is 1.86. The lowest BCUT2D eigenvalue weighted by Gasteiger charge is -2.15. The summed E-state index contributed by atoms with van der Waals surface area (Å²) >= 11 is 0. The van der Waals surface area contributed by atoms with Crippen molar-refractivity contribution in [2.75, 3.05) is 13.7 Å². The zero-order valence-electron chi connectivity index (χ0n) is 11.9. The molecule has 108 valence electrons. The highest BCUT2D eigenvalue weighted by atomic mass is 19.1. The molecule has 20 heavy (non-hydrogen) atoms. The fourth-order valence-corrected chi connectivity index (χ4v) is 2.03. The standard InChI is InChI=1S/C14H19FN4O/c1-10(12-5-4-11(20-3)8-13(12)15)16-7-6-14-18-17-9-19(14)2/h4-5,8-10,16H,6-7H2,1-3H3. The molecule has 0 aliphatic carbocycles. The quantitative estimate of drug-likeness (QED) is 0.876. The molecule has 0 radical (unpaired) electrons. The van der Waals surface area contributed by atoms with E-state index in [1.165, 1.54) is 13.2 Å². The van der Waals surface area contributed by atoms with E-state index in [9.17, 15) is 4.39 Å². The maximum absolute atomic E-state index is 13.9. The maximum atomic E-state index is 13.9. The van der Waals surface area contributed by atoms with Gasteiger partial charge >= 0.3 is 0 Å². The largest absolute Gasteiger partial charge is 0.497 e. The first-order valence-electron chi connectivity index (χ1n) is 6.51. The average Bonchev–Trinajstić information content (AvgIpc) is 2.84. The molecule has 1 aromatic carbocycles. The van der Waals surface area contributed by atoms with E-state index in [1.807, 2.05) is 18.5 Å². The van der Waals surface area contributed by atoms with Crippen LogP contribution >= 0.6 is 0 Å². The third-order valence-electron chi connectivity index (χ3n) is 3.28. The summed E-state index contributed by atoms with van der Waals surface area (Å²) < 4.78 is 20.8. The molecule has 0 amide bonds. The van der Waals surface area contributed by atoms with Crippen molar-refractivity contribution in [3.63, 3.8) is 0 Å². The molecule has 0 aliphatic rings. The van der Waals surface area contributed by atoms with Gasteiger partial charge in [-0.25, -0.2) is 4.39 Å². The molecule has 2 rings (SSSR count). The number of hydrogen-bond donors (Lipinski definition) is 1. The Balaban J connectivity index is 1.91. The van der Waals surface area contributed by atoms with Gasteiger partial charge < -0.3 is 14.6 Å². The minimum absolute atomic E-state index is 0.0749. The molecule has 2 aromatic rings. The second kappa shape index (κ2) is 6.47. The van der Waals surface area contributed by atoms with Crippen LogP contribution in [0.2, 0.25) is 0 Å². The van der Waals surface area contributed by atoms with E-state index >= 15 is 0 Å². The van der Waals surface area contributed by atoms with Gasteiger partial charge in [0.25, 0.3) is 0 Å². The van der Waals surface area contributed by atoms with E-state index in [1.54, 1.807) is 18.5 Å². The smallest absolute Gasteiger partial charge is 0.133 e. The number of hydrogen-bond acceptors (Lipinski definition) is 4. The van der Waals surface area contributed by atoms with Crippen LogP contribution in [0, 0.1) is 5.82 Å². The van der Waals surface area contributed by atoms with Crippen LogP contribution in [0.3, 0.4) is 0 Å². The molecule has 5 nitrogen and oxygen atoms in total. The molecule has 1 aromatic heterocycles. The second-order valence-corrected chi connectivity index (χ2v) is 4.67. The van der Waals surface area contributed by atoms with E-state index in [-0.39, 0.29) is 11.9 Å². The van der Waals surface area contributed by atoms with Crippen molar-refractivity contribution in [1.82, 2.24) is 20.1 Å². The number of nitrogens with one attached hydrogen (secondary N) is 1. The molecular formula is C14H19FN4O. The average molecular weight is 278 g/mol. The maximum Gasteiger partial charge on any atom is 0.133 e. The minimum atomic E-state index is -0.261. The van der Waals surface area contributed by atoms with Crippen molar-refractivity contribution < 1.29 is 9.13 Å². The Hall–Kier alpha value is -1.95. The van der Waals surface area contributed by atoms with E-state index in [0.29, 0.717) is 17.9 Å². The molecule has 0 saturated heterocycles. The first-order valence-corrected chi connectivity index (χ1v) is 6.51. The summed E-state index contributed by atoms with van der Waals surface area (Å²) in [4.78, 5) is 0. The third kappa shape index (κ3) is 3.33. The van der Waals surface area contributed by atoms with Gasteiger partial charge in [0.1, 0.15) is 23.7 Å². The van der Waals surface area contributed by atoms with Gasteiger partial charge in [-0.05, 0) is 13.0 Å². The zero-order chi connectivity index (χ0) is 14.5. The number of benzene rings is 1. The molecule has 1 atom stereocenters. The van der Waals surface area contributed by atoms with Gasteiger partial charge in [0.05, 0.1) is 7.11 Å². The molecule has 1 heterocycles. The highest BCUT2D eigenvalue weighted by Crippen LogP contribution is 2.21. The van der Waals surface area contributed by atoms with Gasteiger partial charge in [-0.2, -0.15) is 0 Å². The Morgan fingerprint density at radius 2 is 2.25 bits per heavy atom. The number of aryl methyl sites for hydroxylation is 1. The van der Waals surface area contributed by atoms with Crippen LogP contribution in [-0.2, 0) is 13.5 Å². The lowest BCUT2D eigenvalue weighted by molar-refractivity contribution is 0.409.